The average molecular weight is 353 g/mol. The Hall–Kier alpha value is -2.67. The van der Waals surface area contributed by atoms with E-state index >= 15 is 0 Å². The molecule has 1 aromatic heterocycles. The number of unbranched alkanes of at least 4 members (excludes halogenated alkanes) is 1. The fourth-order valence-electron chi connectivity index (χ4n) is 3.03. The minimum Gasteiger partial charge on any atom is -0.860 e. The van der Waals surface area contributed by atoms with Crippen molar-refractivity contribution in [2.75, 3.05) is 0 Å². The Labute approximate surface area is 148 Å². The topological polar surface area (TPSA) is 75.8 Å². The standard InChI is InChI=1S/C18H18N4O2S/c1-3-4-9-21-11(2)16-13(10-15(21)23)20-22(17(16)24)18-19-12-7-5-6-8-14(12)25-18/h5-8,10,23H,3-4,9H2,1-2H3/p-1. The van der Waals surface area contributed by atoms with E-state index in [1.165, 1.54) is 22.1 Å². The number of benzene rings is 1. The Morgan fingerprint density at radius 2 is 2.08 bits per heavy atom. The Balaban J connectivity index is 1.92. The van der Waals surface area contributed by atoms with E-state index in [0.29, 0.717) is 28.6 Å². The van der Waals surface area contributed by atoms with Crippen LogP contribution in [0.25, 0.3) is 26.6 Å². The Morgan fingerprint density at radius 3 is 2.84 bits per heavy atom. The summed E-state index contributed by atoms with van der Waals surface area (Å²) >= 11 is 1.41. The quantitative estimate of drug-likeness (QED) is 0.565. The van der Waals surface area contributed by atoms with Crippen molar-refractivity contribution >= 4 is 21.6 Å². The highest BCUT2D eigenvalue weighted by molar-refractivity contribution is 7.20. The van der Waals surface area contributed by atoms with Gasteiger partial charge in [0.15, 0.2) is 0 Å². The van der Waals surface area contributed by atoms with Gasteiger partial charge in [0.1, 0.15) is 0 Å². The van der Waals surface area contributed by atoms with E-state index in [9.17, 15) is 9.90 Å². The molecule has 0 spiro atoms. The van der Waals surface area contributed by atoms with Gasteiger partial charge in [0.25, 0.3) is 5.56 Å². The molecule has 4 rings (SSSR count). The van der Waals surface area contributed by atoms with E-state index < -0.39 is 0 Å². The van der Waals surface area contributed by atoms with E-state index in [-0.39, 0.29) is 11.4 Å². The van der Waals surface area contributed by atoms with Crippen LogP contribution in [0.5, 0.6) is 5.88 Å². The normalized spacial score (nSPS) is 11.6. The van der Waals surface area contributed by atoms with Gasteiger partial charge in [-0.15, -0.1) is 0 Å². The molecule has 0 amide bonds. The molecule has 0 saturated carbocycles. The molecule has 0 atom stereocenters. The molecule has 2 aliphatic heterocycles. The van der Waals surface area contributed by atoms with Gasteiger partial charge in [-0.25, -0.2) is 4.98 Å². The van der Waals surface area contributed by atoms with E-state index in [4.69, 9.17) is 0 Å². The lowest BCUT2D eigenvalue weighted by Crippen LogP contribution is -2.18. The number of fused-ring (bicyclic) bond motifs is 2. The molecular formula is C18H17N4O2S-. The molecule has 0 radical (unpaired) electrons. The summed E-state index contributed by atoms with van der Waals surface area (Å²) in [6.45, 7) is 4.50. The fraction of sp³-hybridized carbons (Fsp3) is 0.278. The molecule has 0 unspecified atom stereocenters. The molecule has 0 fully saturated rings. The molecule has 25 heavy (non-hydrogen) atoms. The average Bonchev–Trinajstić information content (AvgIpc) is 3.15. The van der Waals surface area contributed by atoms with Crippen LogP contribution >= 0.6 is 11.3 Å². The largest absolute Gasteiger partial charge is 0.860 e. The summed E-state index contributed by atoms with van der Waals surface area (Å²) in [7, 11) is 0. The highest BCUT2D eigenvalue weighted by Crippen LogP contribution is 2.28. The maximum atomic E-state index is 12.9. The Bertz CT molecular complexity index is 1060. The smallest absolute Gasteiger partial charge is 0.284 e. The highest BCUT2D eigenvalue weighted by atomic mass is 32.1. The van der Waals surface area contributed by atoms with Crippen LogP contribution in [0.2, 0.25) is 0 Å². The zero-order chi connectivity index (χ0) is 17.6. The third-order valence-corrected chi connectivity index (χ3v) is 5.37. The molecule has 0 N–H and O–H groups in total. The first-order chi connectivity index (χ1) is 12.1. The lowest BCUT2D eigenvalue weighted by atomic mass is 10.1. The van der Waals surface area contributed by atoms with Crippen LogP contribution in [0.4, 0.5) is 0 Å². The third-order valence-electron chi connectivity index (χ3n) is 4.36. The number of thiazole rings is 1. The Kier molecular flexibility index (Phi) is 3.80. The molecule has 3 heterocycles. The van der Waals surface area contributed by atoms with Crippen LogP contribution in [-0.2, 0) is 6.54 Å². The zero-order valence-corrected chi connectivity index (χ0v) is 14.8. The molecule has 0 saturated heterocycles. The van der Waals surface area contributed by atoms with E-state index in [2.05, 4.69) is 17.0 Å². The summed E-state index contributed by atoms with van der Waals surface area (Å²) in [6, 6.07) is 9.16. The van der Waals surface area contributed by atoms with Crippen molar-refractivity contribution in [2.45, 2.75) is 33.2 Å². The number of aromatic nitrogens is 4. The molecule has 7 heteroatoms. The number of nitrogens with zero attached hydrogens (tertiary/aromatic N) is 4. The zero-order valence-electron chi connectivity index (χ0n) is 14.0. The van der Waals surface area contributed by atoms with Gasteiger partial charge in [0.05, 0.1) is 21.5 Å². The molecule has 128 valence electrons. The summed E-state index contributed by atoms with van der Waals surface area (Å²) in [5, 5.41) is 17.2. The summed E-state index contributed by atoms with van der Waals surface area (Å²) < 4.78 is 3.97. The third kappa shape index (κ3) is 2.51. The van der Waals surface area contributed by atoms with Crippen molar-refractivity contribution in [3.63, 3.8) is 0 Å². The predicted molar refractivity (Wildman–Crippen MR) is 96.7 cm³/mol. The lowest BCUT2D eigenvalue weighted by Gasteiger charge is -2.22. The maximum absolute atomic E-state index is 12.9. The summed E-state index contributed by atoms with van der Waals surface area (Å²) in [6.07, 6.45) is 1.88. The van der Waals surface area contributed by atoms with Crippen molar-refractivity contribution in [3.05, 3.63) is 46.4 Å². The van der Waals surface area contributed by atoms with Gasteiger partial charge in [-0.3, -0.25) is 4.79 Å². The molecule has 2 aliphatic rings. The Morgan fingerprint density at radius 1 is 1.28 bits per heavy atom. The molecule has 6 nitrogen and oxygen atoms in total. The number of hydrogen-bond acceptors (Lipinski definition) is 5. The molecular weight excluding hydrogens is 336 g/mol. The minimum absolute atomic E-state index is 0.118. The predicted octanol–water partition coefficient (Wildman–Crippen LogP) is 2.93. The van der Waals surface area contributed by atoms with Crippen LogP contribution in [-0.4, -0.2) is 19.3 Å². The van der Waals surface area contributed by atoms with E-state index in [1.54, 1.807) is 4.57 Å². The first-order valence-electron chi connectivity index (χ1n) is 8.26. The van der Waals surface area contributed by atoms with E-state index in [1.807, 2.05) is 31.2 Å². The van der Waals surface area contributed by atoms with Crippen molar-refractivity contribution in [1.82, 2.24) is 19.3 Å². The van der Waals surface area contributed by atoms with Crippen LogP contribution in [0.1, 0.15) is 25.5 Å². The van der Waals surface area contributed by atoms with Gasteiger partial charge >= 0.3 is 0 Å². The molecule has 0 aliphatic carbocycles. The minimum atomic E-state index is -0.225. The molecule has 1 aromatic carbocycles. The SMILES string of the molecule is CCCCn1c([O-])cc2nn(-c3nc4ccccc4s3)c(=O)c-2c1C. The van der Waals surface area contributed by atoms with Crippen LogP contribution in [0, 0.1) is 6.92 Å². The number of pyridine rings is 1. The van der Waals surface area contributed by atoms with Gasteiger partial charge in [-0.05, 0) is 37.4 Å². The van der Waals surface area contributed by atoms with Crippen molar-refractivity contribution in [1.29, 1.82) is 0 Å². The number of rotatable bonds is 4. The van der Waals surface area contributed by atoms with Gasteiger partial charge in [-0.1, -0.05) is 36.8 Å². The fourth-order valence-corrected chi connectivity index (χ4v) is 3.95. The van der Waals surface area contributed by atoms with Crippen molar-refractivity contribution < 1.29 is 5.11 Å². The second-order valence-corrected chi connectivity index (χ2v) is 7.02. The summed E-state index contributed by atoms with van der Waals surface area (Å²) in [5.41, 5.74) is 2.21. The van der Waals surface area contributed by atoms with Crippen LogP contribution in [0.3, 0.4) is 0 Å². The first-order valence-corrected chi connectivity index (χ1v) is 9.08. The van der Waals surface area contributed by atoms with Crippen molar-refractivity contribution in [2.24, 2.45) is 0 Å². The summed E-state index contributed by atoms with van der Waals surface area (Å²) in [4.78, 5) is 17.4. The van der Waals surface area contributed by atoms with Gasteiger partial charge in [0, 0.05) is 12.2 Å². The van der Waals surface area contributed by atoms with Crippen LogP contribution in [0.15, 0.2) is 35.1 Å². The first kappa shape index (κ1) is 15.8. The summed E-state index contributed by atoms with van der Waals surface area (Å²) in [5.74, 6) is -0.118. The van der Waals surface area contributed by atoms with Crippen molar-refractivity contribution in [3.8, 4) is 22.3 Å². The van der Waals surface area contributed by atoms with Crippen LogP contribution < -0.4 is 10.7 Å². The second kappa shape index (κ2) is 6.00. The highest BCUT2D eigenvalue weighted by Gasteiger charge is 2.22. The molecule has 2 aromatic rings. The second-order valence-electron chi connectivity index (χ2n) is 6.01. The maximum Gasteiger partial charge on any atom is 0.284 e. The van der Waals surface area contributed by atoms with Gasteiger partial charge in [0.2, 0.25) is 5.13 Å². The lowest BCUT2D eigenvalue weighted by molar-refractivity contribution is -0.279. The number of hydrogen-bond donors (Lipinski definition) is 0. The van der Waals surface area contributed by atoms with E-state index in [0.717, 1.165) is 23.1 Å². The number of para-hydroxylation sites is 1. The van der Waals surface area contributed by atoms with Gasteiger partial charge < -0.3 is 9.67 Å². The van der Waals surface area contributed by atoms with Gasteiger partial charge in [-0.2, -0.15) is 9.78 Å². The monoisotopic (exact) mass is 353 g/mol. The molecule has 0 bridgehead atoms.